The number of aromatic nitrogens is 1. The van der Waals surface area contributed by atoms with Crippen LogP contribution >= 0.6 is 11.3 Å². The van der Waals surface area contributed by atoms with E-state index in [9.17, 15) is 9.65 Å². The fourth-order valence-corrected chi connectivity index (χ4v) is 4.28. The van der Waals surface area contributed by atoms with Crippen molar-refractivity contribution in [3.63, 3.8) is 0 Å². The minimum atomic E-state index is -0.622. The minimum absolute atomic E-state index is 0.0816. The summed E-state index contributed by atoms with van der Waals surface area (Å²) in [5.74, 6) is -1.24. The molecule has 0 spiro atoms. The van der Waals surface area contributed by atoms with Crippen LogP contribution < -0.4 is 16.2 Å². The van der Waals surface area contributed by atoms with E-state index in [0.717, 1.165) is 23.1 Å². The summed E-state index contributed by atoms with van der Waals surface area (Å²) in [6, 6.07) is 1.97. The molecule has 0 unspecified atom stereocenters. The van der Waals surface area contributed by atoms with E-state index in [2.05, 4.69) is 23.3 Å². The zero-order valence-electron chi connectivity index (χ0n) is 14.0. The highest BCUT2D eigenvalue weighted by Gasteiger charge is 2.27. The van der Waals surface area contributed by atoms with Crippen molar-refractivity contribution < 1.29 is 13.5 Å². The topological polar surface area (TPSA) is 84.3 Å². The number of halogens is 2. The number of ether oxygens (including phenoxy) is 1. The van der Waals surface area contributed by atoms with E-state index < -0.39 is 11.6 Å². The molecule has 0 saturated heterocycles. The van der Waals surface area contributed by atoms with Gasteiger partial charge < -0.3 is 10.5 Å². The molecule has 5 nitrogen and oxygen atoms in total. The molecule has 0 saturated carbocycles. The van der Waals surface area contributed by atoms with Gasteiger partial charge in [-0.3, -0.25) is 9.98 Å². The molecule has 0 aliphatic carbocycles. The van der Waals surface area contributed by atoms with E-state index in [4.69, 9.17) is 10.5 Å². The van der Waals surface area contributed by atoms with Gasteiger partial charge in [-0.25, -0.2) is 8.78 Å². The van der Waals surface area contributed by atoms with Gasteiger partial charge in [0.15, 0.2) is 5.82 Å². The molecule has 27 heavy (non-hydrogen) atoms. The van der Waals surface area contributed by atoms with Crippen molar-refractivity contribution in [1.82, 2.24) is 4.98 Å². The Bertz CT molecular complexity index is 1290. The predicted octanol–water partition coefficient (Wildman–Crippen LogP) is 2.57. The summed E-state index contributed by atoms with van der Waals surface area (Å²) < 4.78 is 35.3. The normalized spacial score (nSPS) is 13.7. The van der Waals surface area contributed by atoms with Crippen LogP contribution in [0.25, 0.3) is 34.1 Å². The fourth-order valence-electron chi connectivity index (χ4n) is 3.36. The Balaban J connectivity index is 2.21. The molecule has 2 N–H and O–H groups in total. The predicted molar refractivity (Wildman–Crippen MR) is 101 cm³/mol. The van der Waals surface area contributed by atoms with Crippen LogP contribution in [0.4, 0.5) is 13.8 Å². The number of aliphatic imine (C=N–C) groups is 1. The van der Waals surface area contributed by atoms with Crippen LogP contribution in [0.2, 0.25) is 0 Å². The van der Waals surface area contributed by atoms with Crippen LogP contribution in [0, 0.1) is 23.0 Å². The third-order valence-corrected chi connectivity index (χ3v) is 5.59. The summed E-state index contributed by atoms with van der Waals surface area (Å²) in [4.78, 5) is 7.83. The zero-order valence-corrected chi connectivity index (χ0v) is 14.8. The highest BCUT2D eigenvalue weighted by Crippen LogP contribution is 2.41. The standard InChI is InChI=1S/C19H12F2N4OS/c1-8-10(4-24-2)11-6-26-7-12(11)14(16(8)21)17-15-9(3-22)19(23)27-18(15)13(20)5-25-17/h4-5H,1-2,6-7,23H2/b10-4+. The molecule has 0 atom stereocenters. The van der Waals surface area contributed by atoms with Crippen LogP contribution in [0.15, 0.2) is 11.2 Å². The maximum absolute atomic E-state index is 15.4. The average Bonchev–Trinajstić information content (AvgIpc) is 3.25. The Hall–Kier alpha value is -3.15. The van der Waals surface area contributed by atoms with Crippen molar-refractivity contribution in [3.8, 4) is 17.3 Å². The number of hydrogen-bond acceptors (Lipinski definition) is 6. The molecule has 3 aromatic rings. The SMILES string of the molecule is C=N/C=c1/c2c(c(-c3ncc(F)c4sc(N)c(C#N)c34)c(F)c1=C)COC2. The van der Waals surface area contributed by atoms with Crippen molar-refractivity contribution >= 4 is 45.9 Å². The first-order valence-corrected chi connectivity index (χ1v) is 8.64. The Morgan fingerprint density at radius 1 is 1.37 bits per heavy atom. The van der Waals surface area contributed by atoms with Gasteiger partial charge in [-0.1, -0.05) is 6.58 Å². The second-order valence-corrected chi connectivity index (χ2v) is 7.01. The number of nitrogens with zero attached hydrogens (tertiary/aromatic N) is 3. The summed E-state index contributed by atoms with van der Waals surface area (Å²) in [7, 11) is 0. The van der Waals surface area contributed by atoms with E-state index >= 15 is 4.39 Å². The number of pyridine rings is 1. The lowest BCUT2D eigenvalue weighted by molar-refractivity contribution is 0.134. The van der Waals surface area contributed by atoms with E-state index in [1.54, 1.807) is 0 Å². The smallest absolute Gasteiger partial charge is 0.159 e. The fraction of sp³-hybridized carbons (Fsp3) is 0.105. The first kappa shape index (κ1) is 17.3. The molecule has 1 aromatic carbocycles. The van der Waals surface area contributed by atoms with Crippen LogP contribution in [-0.2, 0) is 18.0 Å². The number of nitrogen functional groups attached to an aromatic ring is 1. The van der Waals surface area contributed by atoms with Gasteiger partial charge in [-0.05, 0) is 17.8 Å². The van der Waals surface area contributed by atoms with E-state index in [1.165, 1.54) is 6.20 Å². The molecule has 4 rings (SSSR count). The molecule has 8 heteroatoms. The number of hydrogen-bond donors (Lipinski definition) is 1. The lowest BCUT2D eigenvalue weighted by Crippen LogP contribution is -2.32. The summed E-state index contributed by atoms with van der Waals surface area (Å²) >= 11 is 0.935. The number of nitrogens with two attached hydrogens (primary N) is 1. The lowest BCUT2D eigenvalue weighted by atomic mass is 9.94. The first-order chi connectivity index (χ1) is 13.0. The zero-order chi connectivity index (χ0) is 19.3. The number of anilines is 1. The molecule has 1 aliphatic rings. The monoisotopic (exact) mass is 382 g/mol. The van der Waals surface area contributed by atoms with E-state index in [-0.39, 0.29) is 50.3 Å². The summed E-state index contributed by atoms with van der Waals surface area (Å²) in [5.41, 5.74) is 7.55. The Morgan fingerprint density at radius 2 is 2.11 bits per heavy atom. The Kier molecular flexibility index (Phi) is 3.98. The van der Waals surface area contributed by atoms with Crippen LogP contribution in [0.3, 0.4) is 0 Å². The molecule has 0 bridgehead atoms. The second kappa shape index (κ2) is 6.23. The maximum Gasteiger partial charge on any atom is 0.159 e. The summed E-state index contributed by atoms with van der Waals surface area (Å²) in [6.45, 7) is 7.63. The molecule has 0 radical (unpaired) electrons. The molecular weight excluding hydrogens is 370 g/mol. The third-order valence-electron chi connectivity index (χ3n) is 4.56. The molecule has 3 heterocycles. The number of thiophene rings is 1. The minimum Gasteiger partial charge on any atom is -0.389 e. The quantitative estimate of drug-likeness (QED) is 0.691. The average molecular weight is 382 g/mol. The molecule has 1 aliphatic heterocycles. The van der Waals surface area contributed by atoms with Crippen LogP contribution in [0.1, 0.15) is 16.7 Å². The third kappa shape index (κ3) is 2.36. The summed E-state index contributed by atoms with van der Waals surface area (Å²) in [6.07, 6.45) is 2.43. The number of fused-ring (bicyclic) bond motifs is 2. The largest absolute Gasteiger partial charge is 0.389 e. The molecule has 134 valence electrons. The number of rotatable bonds is 2. The van der Waals surface area contributed by atoms with Gasteiger partial charge in [0, 0.05) is 27.6 Å². The molecule has 2 aromatic heterocycles. The van der Waals surface area contributed by atoms with Crippen molar-refractivity contribution in [2.45, 2.75) is 13.2 Å². The van der Waals surface area contributed by atoms with Gasteiger partial charge >= 0.3 is 0 Å². The van der Waals surface area contributed by atoms with Gasteiger partial charge in [0.25, 0.3) is 0 Å². The van der Waals surface area contributed by atoms with Crippen LogP contribution in [-0.4, -0.2) is 11.7 Å². The highest BCUT2D eigenvalue weighted by molar-refractivity contribution is 7.23. The van der Waals surface area contributed by atoms with Gasteiger partial charge in [0.1, 0.15) is 16.9 Å². The maximum atomic E-state index is 15.4. The van der Waals surface area contributed by atoms with Crippen molar-refractivity contribution in [2.75, 3.05) is 5.73 Å². The van der Waals surface area contributed by atoms with Crippen molar-refractivity contribution in [3.05, 3.63) is 45.0 Å². The van der Waals surface area contributed by atoms with Crippen molar-refractivity contribution in [2.24, 2.45) is 4.99 Å². The molecular formula is C19H12F2N4OS. The lowest BCUT2D eigenvalue weighted by Gasteiger charge is -2.12. The number of benzene rings is 1. The van der Waals surface area contributed by atoms with Gasteiger partial charge in [-0.15, -0.1) is 11.3 Å². The van der Waals surface area contributed by atoms with E-state index in [1.807, 2.05) is 6.07 Å². The molecule has 0 fully saturated rings. The van der Waals surface area contributed by atoms with Gasteiger partial charge in [-0.2, -0.15) is 5.26 Å². The second-order valence-electron chi connectivity index (χ2n) is 5.95. The highest BCUT2D eigenvalue weighted by atomic mass is 32.1. The van der Waals surface area contributed by atoms with Crippen LogP contribution in [0.5, 0.6) is 0 Å². The van der Waals surface area contributed by atoms with Gasteiger partial charge in [0.2, 0.25) is 0 Å². The molecule has 0 amide bonds. The number of nitriles is 1. The summed E-state index contributed by atoms with van der Waals surface area (Å²) in [5, 5.41) is 10.4. The van der Waals surface area contributed by atoms with Crippen molar-refractivity contribution in [1.29, 1.82) is 5.26 Å². The Morgan fingerprint density at radius 3 is 2.81 bits per heavy atom. The van der Waals surface area contributed by atoms with Gasteiger partial charge in [0.05, 0.1) is 35.4 Å². The van der Waals surface area contributed by atoms with E-state index in [0.29, 0.717) is 10.8 Å². The Labute approximate surface area is 156 Å². The first-order valence-electron chi connectivity index (χ1n) is 7.82.